The van der Waals surface area contributed by atoms with Crippen LogP contribution in [-0.2, 0) is 14.3 Å². The Kier molecular flexibility index (Phi) is 6.75. The Bertz CT molecular complexity index is 835. The molecule has 0 unspecified atom stereocenters. The molecule has 3 rings (SSSR count). The van der Waals surface area contributed by atoms with Crippen molar-refractivity contribution in [2.75, 3.05) is 44.3 Å². The van der Waals surface area contributed by atoms with Gasteiger partial charge in [-0.3, -0.25) is 4.79 Å². The van der Waals surface area contributed by atoms with E-state index in [1.807, 2.05) is 51.1 Å². The number of hydrogen-bond acceptors (Lipinski definition) is 5. The summed E-state index contributed by atoms with van der Waals surface area (Å²) in [4.78, 5) is 28.3. The summed E-state index contributed by atoms with van der Waals surface area (Å²) in [5, 5.41) is 0. The van der Waals surface area contributed by atoms with Gasteiger partial charge in [0.2, 0.25) is 0 Å². The molecule has 6 nitrogen and oxygen atoms in total. The first kappa shape index (κ1) is 20.7. The number of anilines is 1. The van der Waals surface area contributed by atoms with Crippen LogP contribution in [0, 0.1) is 20.8 Å². The molecule has 0 radical (unpaired) electrons. The van der Waals surface area contributed by atoms with Gasteiger partial charge in [-0.15, -0.1) is 0 Å². The van der Waals surface area contributed by atoms with Crippen molar-refractivity contribution in [2.45, 2.75) is 20.8 Å². The van der Waals surface area contributed by atoms with Crippen molar-refractivity contribution in [3.8, 4) is 5.75 Å². The molecule has 1 saturated heterocycles. The third kappa shape index (κ3) is 5.50. The highest BCUT2D eigenvalue weighted by Gasteiger charge is 2.22. The quantitative estimate of drug-likeness (QED) is 0.703. The number of aryl methyl sites for hydroxylation is 3. The van der Waals surface area contributed by atoms with Gasteiger partial charge >= 0.3 is 5.97 Å². The van der Waals surface area contributed by atoms with Crippen LogP contribution < -0.4 is 9.64 Å². The van der Waals surface area contributed by atoms with E-state index in [2.05, 4.69) is 17.0 Å². The van der Waals surface area contributed by atoms with Crippen LogP contribution in [0.15, 0.2) is 42.5 Å². The zero-order chi connectivity index (χ0) is 20.8. The maximum atomic E-state index is 12.4. The van der Waals surface area contributed by atoms with E-state index in [4.69, 9.17) is 9.47 Å². The predicted octanol–water partition coefficient (Wildman–Crippen LogP) is 2.88. The minimum atomic E-state index is -0.541. The maximum Gasteiger partial charge on any atom is 0.344 e. The van der Waals surface area contributed by atoms with Gasteiger partial charge in [-0.2, -0.15) is 0 Å². The molecule has 1 aliphatic heterocycles. The van der Waals surface area contributed by atoms with Gasteiger partial charge in [0.25, 0.3) is 5.91 Å². The zero-order valence-corrected chi connectivity index (χ0v) is 17.3. The normalized spacial score (nSPS) is 13.9. The minimum Gasteiger partial charge on any atom is -0.481 e. The number of amides is 1. The van der Waals surface area contributed by atoms with E-state index in [0.29, 0.717) is 18.8 Å². The van der Waals surface area contributed by atoms with Gasteiger partial charge in [0, 0.05) is 31.9 Å². The van der Waals surface area contributed by atoms with Crippen molar-refractivity contribution in [1.29, 1.82) is 0 Å². The van der Waals surface area contributed by atoms with E-state index in [9.17, 15) is 9.59 Å². The number of benzene rings is 2. The van der Waals surface area contributed by atoms with Crippen molar-refractivity contribution in [1.82, 2.24) is 4.90 Å². The zero-order valence-electron chi connectivity index (χ0n) is 17.3. The number of esters is 1. The fourth-order valence-electron chi connectivity index (χ4n) is 3.65. The molecule has 0 spiro atoms. The molecule has 0 atom stereocenters. The maximum absolute atomic E-state index is 12.4. The van der Waals surface area contributed by atoms with Crippen LogP contribution in [-0.4, -0.2) is 56.2 Å². The van der Waals surface area contributed by atoms with Gasteiger partial charge < -0.3 is 19.3 Å². The molecule has 0 aliphatic carbocycles. The lowest BCUT2D eigenvalue weighted by atomic mass is 10.1. The van der Waals surface area contributed by atoms with Gasteiger partial charge in [0.1, 0.15) is 5.75 Å². The minimum absolute atomic E-state index is 0.172. The molecule has 1 heterocycles. The second-order valence-corrected chi connectivity index (χ2v) is 7.38. The van der Waals surface area contributed by atoms with Gasteiger partial charge in [-0.1, -0.05) is 35.9 Å². The number of carbonyl (C=O) groups excluding carboxylic acids is 2. The first-order valence-corrected chi connectivity index (χ1v) is 9.88. The van der Waals surface area contributed by atoms with Crippen molar-refractivity contribution < 1.29 is 19.1 Å². The number of para-hydroxylation sites is 1. The lowest BCUT2D eigenvalue weighted by Gasteiger charge is -2.36. The SMILES string of the molecule is Cc1cc(C)c(OCC(=O)OCC(=O)N2CCN(c3ccccc3)CC2)c(C)c1. The van der Waals surface area contributed by atoms with E-state index in [1.165, 1.54) is 0 Å². The predicted molar refractivity (Wildman–Crippen MR) is 112 cm³/mol. The highest BCUT2D eigenvalue weighted by Crippen LogP contribution is 2.24. The molecule has 2 aromatic rings. The fourth-order valence-corrected chi connectivity index (χ4v) is 3.65. The average Bonchev–Trinajstić information content (AvgIpc) is 2.72. The molecule has 29 heavy (non-hydrogen) atoms. The van der Waals surface area contributed by atoms with E-state index < -0.39 is 5.97 Å². The Hall–Kier alpha value is -3.02. The number of ether oxygens (including phenoxy) is 2. The summed E-state index contributed by atoms with van der Waals surface area (Å²) in [6.45, 7) is 8.20. The number of carbonyl (C=O) groups is 2. The first-order chi connectivity index (χ1) is 13.9. The van der Waals surface area contributed by atoms with Crippen molar-refractivity contribution in [2.24, 2.45) is 0 Å². The summed E-state index contributed by atoms with van der Waals surface area (Å²) in [7, 11) is 0. The van der Waals surface area contributed by atoms with Gasteiger partial charge in [-0.25, -0.2) is 4.79 Å². The summed E-state index contributed by atoms with van der Waals surface area (Å²) in [6.07, 6.45) is 0. The summed E-state index contributed by atoms with van der Waals surface area (Å²) in [6, 6.07) is 14.1. The van der Waals surface area contributed by atoms with E-state index >= 15 is 0 Å². The Morgan fingerprint density at radius 1 is 0.897 bits per heavy atom. The average molecular weight is 396 g/mol. The van der Waals surface area contributed by atoms with Crippen LogP contribution in [0.2, 0.25) is 0 Å². The molecular formula is C23H28N2O4. The summed E-state index contributed by atoms with van der Waals surface area (Å²) < 4.78 is 10.7. The second kappa shape index (κ2) is 9.45. The van der Waals surface area contributed by atoms with Crippen LogP contribution in [0.4, 0.5) is 5.69 Å². The van der Waals surface area contributed by atoms with Crippen LogP contribution in [0.3, 0.4) is 0 Å². The third-order valence-corrected chi connectivity index (χ3v) is 5.05. The molecule has 0 saturated carbocycles. The number of nitrogens with zero attached hydrogens (tertiary/aromatic N) is 2. The number of piperazine rings is 1. The Morgan fingerprint density at radius 3 is 2.14 bits per heavy atom. The Balaban J connectivity index is 1.41. The smallest absolute Gasteiger partial charge is 0.344 e. The van der Waals surface area contributed by atoms with Gasteiger partial charge in [0.05, 0.1) is 0 Å². The standard InChI is InChI=1S/C23H28N2O4/c1-17-13-18(2)23(19(3)14-17)29-16-22(27)28-15-21(26)25-11-9-24(10-12-25)20-7-5-4-6-8-20/h4-8,13-14H,9-12,15-16H2,1-3H3. The molecule has 1 fully saturated rings. The van der Waals surface area contributed by atoms with Gasteiger partial charge in [0.15, 0.2) is 13.2 Å². The molecule has 6 heteroatoms. The van der Waals surface area contributed by atoms with Crippen molar-refractivity contribution in [3.63, 3.8) is 0 Å². The summed E-state index contributed by atoms with van der Waals surface area (Å²) in [5.41, 5.74) is 4.25. The lowest BCUT2D eigenvalue weighted by Crippen LogP contribution is -2.50. The van der Waals surface area contributed by atoms with E-state index in [0.717, 1.165) is 35.5 Å². The molecular weight excluding hydrogens is 368 g/mol. The lowest BCUT2D eigenvalue weighted by molar-refractivity contribution is -0.153. The molecule has 0 bridgehead atoms. The van der Waals surface area contributed by atoms with Crippen LogP contribution in [0.25, 0.3) is 0 Å². The molecule has 154 valence electrons. The number of rotatable bonds is 6. The van der Waals surface area contributed by atoms with Crippen molar-refractivity contribution >= 4 is 17.6 Å². The summed E-state index contributed by atoms with van der Waals surface area (Å²) in [5.74, 6) is -0.0229. The Labute approximate surface area is 172 Å². The van der Waals surface area contributed by atoms with E-state index in [-0.39, 0.29) is 19.1 Å². The number of hydrogen-bond donors (Lipinski definition) is 0. The largest absolute Gasteiger partial charge is 0.481 e. The molecule has 1 aliphatic rings. The highest BCUT2D eigenvalue weighted by atomic mass is 16.6. The monoisotopic (exact) mass is 396 g/mol. The fraction of sp³-hybridized carbons (Fsp3) is 0.391. The summed E-state index contributed by atoms with van der Waals surface area (Å²) >= 11 is 0. The highest BCUT2D eigenvalue weighted by molar-refractivity contribution is 5.81. The van der Waals surface area contributed by atoms with Crippen LogP contribution in [0.5, 0.6) is 5.75 Å². The van der Waals surface area contributed by atoms with Crippen molar-refractivity contribution in [3.05, 3.63) is 59.2 Å². The van der Waals surface area contributed by atoms with E-state index in [1.54, 1.807) is 4.90 Å². The van der Waals surface area contributed by atoms with Crippen LogP contribution >= 0.6 is 0 Å². The molecule has 2 aromatic carbocycles. The Morgan fingerprint density at radius 2 is 1.52 bits per heavy atom. The molecule has 0 N–H and O–H groups in total. The third-order valence-electron chi connectivity index (χ3n) is 5.05. The molecule has 0 aromatic heterocycles. The molecule has 1 amide bonds. The second-order valence-electron chi connectivity index (χ2n) is 7.38. The first-order valence-electron chi connectivity index (χ1n) is 9.88. The topological polar surface area (TPSA) is 59.1 Å². The van der Waals surface area contributed by atoms with Gasteiger partial charge in [-0.05, 0) is 44.0 Å². The van der Waals surface area contributed by atoms with Crippen LogP contribution in [0.1, 0.15) is 16.7 Å².